The molecule has 0 radical (unpaired) electrons. The van der Waals surface area contributed by atoms with Crippen LogP contribution in [0.1, 0.15) is 17.4 Å². The zero-order valence-corrected chi connectivity index (χ0v) is 14.4. The van der Waals surface area contributed by atoms with Gasteiger partial charge in [0.2, 0.25) is 0 Å². The third-order valence-electron chi connectivity index (χ3n) is 3.32. The van der Waals surface area contributed by atoms with Gasteiger partial charge in [-0.15, -0.1) is 11.3 Å². The van der Waals surface area contributed by atoms with Gasteiger partial charge < -0.3 is 9.47 Å². The first kappa shape index (κ1) is 16.9. The predicted octanol–water partition coefficient (Wildman–Crippen LogP) is 3.32. The molecule has 0 fully saturated rings. The maximum atomic E-state index is 12.4. The van der Waals surface area contributed by atoms with Crippen LogP contribution in [0.25, 0.3) is 16.3 Å². The Morgan fingerprint density at radius 2 is 1.92 bits per heavy atom. The van der Waals surface area contributed by atoms with E-state index in [0.29, 0.717) is 5.69 Å². The number of aromatic nitrogens is 2. The summed E-state index contributed by atoms with van der Waals surface area (Å²) in [5, 5.41) is 6.46. The highest BCUT2D eigenvalue weighted by molar-refractivity contribution is 7.13. The fraction of sp³-hybridized carbons (Fsp3) is 0.167. The van der Waals surface area contributed by atoms with Crippen LogP contribution in [-0.4, -0.2) is 34.9 Å². The highest BCUT2D eigenvalue weighted by atomic mass is 32.1. The van der Waals surface area contributed by atoms with E-state index in [4.69, 9.17) is 9.47 Å². The zero-order valence-electron chi connectivity index (χ0n) is 13.5. The van der Waals surface area contributed by atoms with Crippen LogP contribution in [0.15, 0.2) is 53.9 Å². The summed E-state index contributed by atoms with van der Waals surface area (Å²) in [5.74, 6) is -1.22. The van der Waals surface area contributed by atoms with Gasteiger partial charge >= 0.3 is 11.9 Å². The highest BCUT2D eigenvalue weighted by Crippen LogP contribution is 2.26. The molecule has 7 heteroatoms. The van der Waals surface area contributed by atoms with Crippen LogP contribution >= 0.6 is 11.3 Å². The van der Waals surface area contributed by atoms with Crippen molar-refractivity contribution in [3.8, 4) is 16.3 Å². The minimum absolute atomic E-state index is 0.237. The van der Waals surface area contributed by atoms with Crippen molar-refractivity contribution in [3.05, 3.63) is 59.6 Å². The molecule has 0 bridgehead atoms. The normalized spacial score (nSPS) is 10.4. The summed E-state index contributed by atoms with van der Waals surface area (Å²) >= 11 is 1.53. The second kappa shape index (κ2) is 7.76. The lowest BCUT2D eigenvalue weighted by molar-refractivity contribution is -0.146. The van der Waals surface area contributed by atoms with E-state index >= 15 is 0 Å². The van der Waals surface area contributed by atoms with Gasteiger partial charge in [-0.3, -0.25) is 0 Å². The van der Waals surface area contributed by atoms with Crippen molar-refractivity contribution in [2.75, 3.05) is 13.2 Å². The maximum Gasteiger partial charge on any atom is 0.357 e. The Bertz CT molecular complexity index is 857. The summed E-state index contributed by atoms with van der Waals surface area (Å²) in [4.78, 5) is 24.8. The monoisotopic (exact) mass is 356 g/mol. The molecule has 0 spiro atoms. The Morgan fingerprint density at radius 3 is 2.60 bits per heavy atom. The van der Waals surface area contributed by atoms with Crippen LogP contribution in [0, 0.1) is 0 Å². The van der Waals surface area contributed by atoms with E-state index in [1.54, 1.807) is 13.0 Å². The molecule has 0 aliphatic carbocycles. The number of nitrogens with zero attached hydrogens (tertiary/aromatic N) is 2. The lowest BCUT2D eigenvalue weighted by Gasteiger charge is -2.07. The lowest BCUT2D eigenvalue weighted by atomic mass is 10.3. The largest absolute Gasteiger partial charge is 0.463 e. The number of hydrogen-bond donors (Lipinski definition) is 0. The molecular weight excluding hydrogens is 340 g/mol. The Hall–Kier alpha value is -2.93. The number of thiophene rings is 1. The van der Waals surface area contributed by atoms with Crippen LogP contribution in [-0.2, 0) is 14.3 Å². The molecule has 3 aromatic rings. The minimum atomic E-state index is -0.632. The van der Waals surface area contributed by atoms with E-state index in [1.165, 1.54) is 16.0 Å². The number of carbonyl (C=O) groups excluding carboxylic acids is 2. The molecule has 0 unspecified atom stereocenters. The molecule has 0 aliphatic heterocycles. The van der Waals surface area contributed by atoms with Crippen molar-refractivity contribution >= 4 is 23.3 Å². The fourth-order valence-electron chi connectivity index (χ4n) is 2.24. The number of hydrogen-bond acceptors (Lipinski definition) is 6. The summed E-state index contributed by atoms with van der Waals surface area (Å²) in [6.45, 7) is 1.50. The van der Waals surface area contributed by atoms with E-state index in [9.17, 15) is 9.59 Å². The molecule has 0 aliphatic rings. The Labute approximate surface area is 148 Å². The summed E-state index contributed by atoms with van der Waals surface area (Å²) in [6, 6.07) is 14.8. The van der Waals surface area contributed by atoms with Gasteiger partial charge in [0.05, 0.1) is 17.2 Å². The first-order valence-electron chi connectivity index (χ1n) is 7.71. The van der Waals surface area contributed by atoms with Crippen molar-refractivity contribution < 1.29 is 19.1 Å². The van der Waals surface area contributed by atoms with Crippen LogP contribution in [0.2, 0.25) is 0 Å². The average Bonchev–Trinajstić information content (AvgIpc) is 3.30. The summed E-state index contributed by atoms with van der Waals surface area (Å²) in [5.41, 5.74) is 1.65. The molecule has 0 saturated carbocycles. The van der Waals surface area contributed by atoms with Gasteiger partial charge in [-0.05, 0) is 30.5 Å². The smallest absolute Gasteiger partial charge is 0.357 e. The average molecular weight is 356 g/mol. The van der Waals surface area contributed by atoms with Crippen LogP contribution in [0.4, 0.5) is 0 Å². The molecule has 1 aromatic carbocycles. The molecule has 2 aromatic heterocycles. The molecule has 0 atom stereocenters. The van der Waals surface area contributed by atoms with Gasteiger partial charge in [0.1, 0.15) is 5.69 Å². The molecule has 128 valence electrons. The van der Waals surface area contributed by atoms with Gasteiger partial charge in [0.15, 0.2) is 12.3 Å². The van der Waals surface area contributed by atoms with Crippen LogP contribution in [0.5, 0.6) is 0 Å². The van der Waals surface area contributed by atoms with Crippen molar-refractivity contribution in [3.63, 3.8) is 0 Å². The molecule has 3 rings (SSSR count). The predicted molar refractivity (Wildman–Crippen MR) is 93.8 cm³/mol. The highest BCUT2D eigenvalue weighted by Gasteiger charge is 2.20. The van der Waals surface area contributed by atoms with Crippen molar-refractivity contribution in [2.24, 2.45) is 0 Å². The van der Waals surface area contributed by atoms with Gasteiger partial charge in [-0.1, -0.05) is 24.3 Å². The molecule has 0 saturated heterocycles. The van der Waals surface area contributed by atoms with Gasteiger partial charge in [0.25, 0.3) is 0 Å². The number of ether oxygens (including phenoxy) is 2. The molecule has 25 heavy (non-hydrogen) atoms. The number of esters is 2. The van der Waals surface area contributed by atoms with E-state index in [2.05, 4.69) is 5.10 Å². The second-order valence-corrected chi connectivity index (χ2v) is 5.97. The van der Waals surface area contributed by atoms with Gasteiger partial charge in [0, 0.05) is 6.07 Å². The molecule has 0 N–H and O–H groups in total. The maximum absolute atomic E-state index is 12.4. The number of para-hydroxylation sites is 1. The van der Waals surface area contributed by atoms with E-state index in [0.717, 1.165) is 10.6 Å². The third-order valence-corrected chi connectivity index (χ3v) is 4.21. The fourth-order valence-corrected chi connectivity index (χ4v) is 2.92. The quantitative estimate of drug-likeness (QED) is 0.634. The molecular formula is C18H16N2O4S. The molecule has 2 heterocycles. The van der Waals surface area contributed by atoms with Gasteiger partial charge in [-0.2, -0.15) is 5.10 Å². The number of carbonyl (C=O) groups is 2. The first-order chi connectivity index (χ1) is 12.2. The standard InChI is InChI=1S/C18H16N2O4S/c1-2-23-17(21)12-24-18(22)15-11-14(16-9-6-10-25-16)19-20(15)13-7-4-3-5-8-13/h3-11H,2,12H2,1H3. The molecule has 6 nitrogen and oxygen atoms in total. The molecule has 0 amide bonds. The van der Waals surface area contributed by atoms with E-state index in [1.807, 2.05) is 47.8 Å². The van der Waals surface area contributed by atoms with E-state index in [-0.39, 0.29) is 12.3 Å². The Balaban J connectivity index is 1.91. The Morgan fingerprint density at radius 1 is 1.12 bits per heavy atom. The number of rotatable bonds is 6. The second-order valence-electron chi connectivity index (χ2n) is 5.02. The third kappa shape index (κ3) is 3.95. The first-order valence-corrected chi connectivity index (χ1v) is 8.59. The van der Waals surface area contributed by atoms with Crippen LogP contribution in [0.3, 0.4) is 0 Å². The lowest BCUT2D eigenvalue weighted by Crippen LogP contribution is -2.18. The minimum Gasteiger partial charge on any atom is -0.463 e. The number of benzene rings is 1. The summed E-state index contributed by atoms with van der Waals surface area (Å²) in [6.07, 6.45) is 0. The topological polar surface area (TPSA) is 70.4 Å². The summed E-state index contributed by atoms with van der Waals surface area (Å²) < 4.78 is 11.4. The van der Waals surface area contributed by atoms with Gasteiger partial charge in [-0.25, -0.2) is 14.3 Å². The Kier molecular flexibility index (Phi) is 5.25. The SMILES string of the molecule is CCOC(=O)COC(=O)c1cc(-c2cccs2)nn1-c1ccccc1. The van der Waals surface area contributed by atoms with Crippen LogP contribution < -0.4 is 0 Å². The summed E-state index contributed by atoms with van der Waals surface area (Å²) in [7, 11) is 0. The van der Waals surface area contributed by atoms with Crippen molar-refractivity contribution in [1.82, 2.24) is 9.78 Å². The zero-order chi connectivity index (χ0) is 17.6. The van der Waals surface area contributed by atoms with Crippen molar-refractivity contribution in [2.45, 2.75) is 6.92 Å². The van der Waals surface area contributed by atoms with Crippen molar-refractivity contribution in [1.29, 1.82) is 0 Å². The van der Waals surface area contributed by atoms with E-state index < -0.39 is 18.5 Å².